The van der Waals surface area contributed by atoms with Crippen molar-refractivity contribution in [3.8, 4) is 5.75 Å². The Morgan fingerprint density at radius 1 is 0.871 bits per heavy atom. The Bertz CT molecular complexity index is 1170. The van der Waals surface area contributed by atoms with Crippen molar-refractivity contribution in [3.63, 3.8) is 0 Å². The highest BCUT2D eigenvalue weighted by molar-refractivity contribution is 8.04. The van der Waals surface area contributed by atoms with Crippen molar-refractivity contribution in [2.24, 2.45) is 0 Å². The fraction of sp³-hybridized carbons (Fsp3) is 0.120. The maximum atomic E-state index is 13.4. The molecule has 1 aliphatic rings. The van der Waals surface area contributed by atoms with Crippen LogP contribution < -0.4 is 15.0 Å². The smallest absolute Gasteiger partial charge is 0.283 e. The molecule has 6 heteroatoms. The minimum absolute atomic E-state index is 0.279. The number of ether oxygens (including phenoxy) is 1. The molecule has 1 heterocycles. The number of nitrogens with one attached hydrogen (secondary N) is 1. The molecule has 0 atom stereocenters. The average molecular weight is 431 g/mol. The Kier molecular flexibility index (Phi) is 5.82. The summed E-state index contributed by atoms with van der Waals surface area (Å²) in [5.74, 6) is -0.0758. The van der Waals surface area contributed by atoms with Crippen molar-refractivity contribution in [1.29, 1.82) is 0 Å². The van der Waals surface area contributed by atoms with Crippen molar-refractivity contribution >= 4 is 35.0 Å². The molecule has 1 N–H and O–H groups in total. The summed E-state index contributed by atoms with van der Waals surface area (Å²) in [5, 5.41) is 3.23. The van der Waals surface area contributed by atoms with Crippen LogP contribution in [0, 0.1) is 13.8 Å². The molecule has 5 nitrogen and oxygen atoms in total. The van der Waals surface area contributed by atoms with Crippen LogP contribution in [0.3, 0.4) is 0 Å². The minimum Gasteiger partial charge on any atom is -0.497 e. The van der Waals surface area contributed by atoms with E-state index in [-0.39, 0.29) is 17.5 Å². The number of nitrogens with zero attached hydrogens (tertiary/aromatic N) is 1. The summed E-state index contributed by atoms with van der Waals surface area (Å²) < 4.78 is 5.19. The number of rotatable bonds is 6. The highest BCUT2D eigenvalue weighted by Crippen LogP contribution is 2.38. The highest BCUT2D eigenvalue weighted by atomic mass is 32.2. The Hall–Kier alpha value is -3.51. The fourth-order valence-corrected chi connectivity index (χ4v) is 4.32. The lowest BCUT2D eigenvalue weighted by Gasteiger charge is -2.16. The quantitative estimate of drug-likeness (QED) is 0.538. The third kappa shape index (κ3) is 4.20. The summed E-state index contributed by atoms with van der Waals surface area (Å²) in [7, 11) is 1.57. The van der Waals surface area contributed by atoms with Crippen LogP contribution in [0.25, 0.3) is 0 Å². The second kappa shape index (κ2) is 8.70. The molecule has 1 aliphatic heterocycles. The van der Waals surface area contributed by atoms with E-state index in [1.54, 1.807) is 31.4 Å². The lowest BCUT2D eigenvalue weighted by atomic mass is 10.1. The predicted molar refractivity (Wildman–Crippen MR) is 124 cm³/mol. The molecule has 2 amide bonds. The number of hydrogen-bond acceptors (Lipinski definition) is 5. The first-order valence-corrected chi connectivity index (χ1v) is 10.6. The number of hydrogen-bond donors (Lipinski definition) is 1. The van der Waals surface area contributed by atoms with Gasteiger partial charge in [0.2, 0.25) is 0 Å². The van der Waals surface area contributed by atoms with E-state index in [1.165, 1.54) is 16.7 Å². The van der Waals surface area contributed by atoms with Gasteiger partial charge in [-0.3, -0.25) is 9.59 Å². The van der Waals surface area contributed by atoms with Crippen LogP contribution in [0.2, 0.25) is 0 Å². The van der Waals surface area contributed by atoms with Crippen molar-refractivity contribution < 1.29 is 14.3 Å². The van der Waals surface area contributed by atoms with E-state index in [2.05, 4.69) is 5.32 Å². The van der Waals surface area contributed by atoms with Crippen LogP contribution in [0.1, 0.15) is 11.1 Å². The molecular weight excluding hydrogens is 408 g/mol. The summed E-state index contributed by atoms with van der Waals surface area (Å²) in [5.41, 5.74) is 3.70. The molecule has 156 valence electrons. The van der Waals surface area contributed by atoms with E-state index < -0.39 is 0 Å². The summed E-state index contributed by atoms with van der Waals surface area (Å²) in [6.07, 6.45) is 0. The zero-order valence-corrected chi connectivity index (χ0v) is 18.3. The molecule has 0 bridgehead atoms. The molecular formula is C25H22N2O3S. The first-order valence-electron chi connectivity index (χ1n) is 9.82. The van der Waals surface area contributed by atoms with E-state index in [0.717, 1.165) is 21.7 Å². The van der Waals surface area contributed by atoms with Crippen LogP contribution in [0.5, 0.6) is 5.75 Å². The molecule has 0 saturated heterocycles. The molecule has 4 rings (SSSR count). The van der Waals surface area contributed by atoms with E-state index in [4.69, 9.17) is 4.74 Å². The number of thioether (sulfide) groups is 1. The third-order valence-corrected chi connectivity index (χ3v) is 6.07. The van der Waals surface area contributed by atoms with E-state index in [9.17, 15) is 9.59 Å². The molecule has 3 aromatic rings. The summed E-state index contributed by atoms with van der Waals surface area (Å²) in [6, 6.07) is 22.4. The van der Waals surface area contributed by atoms with Gasteiger partial charge in [0.15, 0.2) is 0 Å². The Labute approximate surface area is 185 Å². The number of carbonyl (C=O) groups excluding carboxylic acids is 2. The number of methoxy groups -OCH3 is 1. The van der Waals surface area contributed by atoms with Gasteiger partial charge in [0, 0.05) is 10.6 Å². The lowest BCUT2D eigenvalue weighted by Crippen LogP contribution is -2.32. The number of benzene rings is 3. The van der Waals surface area contributed by atoms with Crippen molar-refractivity contribution in [3.05, 3.63) is 94.5 Å². The largest absolute Gasteiger partial charge is 0.497 e. The highest BCUT2D eigenvalue weighted by Gasteiger charge is 2.40. The number of aryl methyl sites for hydroxylation is 2. The van der Waals surface area contributed by atoms with E-state index in [1.807, 2.05) is 62.4 Å². The first kappa shape index (κ1) is 20.8. The maximum Gasteiger partial charge on any atom is 0.283 e. The van der Waals surface area contributed by atoms with Gasteiger partial charge in [-0.1, -0.05) is 47.7 Å². The zero-order chi connectivity index (χ0) is 22.0. The maximum absolute atomic E-state index is 13.4. The molecule has 0 radical (unpaired) electrons. The Balaban J connectivity index is 1.74. The molecule has 0 spiro atoms. The van der Waals surface area contributed by atoms with Crippen molar-refractivity contribution in [2.45, 2.75) is 18.7 Å². The summed E-state index contributed by atoms with van der Waals surface area (Å²) >= 11 is 1.29. The van der Waals surface area contributed by atoms with Gasteiger partial charge < -0.3 is 10.1 Å². The van der Waals surface area contributed by atoms with Gasteiger partial charge in [-0.2, -0.15) is 0 Å². The van der Waals surface area contributed by atoms with Gasteiger partial charge in [-0.05, 0) is 61.9 Å². The van der Waals surface area contributed by atoms with Crippen LogP contribution >= 0.6 is 11.8 Å². The zero-order valence-electron chi connectivity index (χ0n) is 17.5. The van der Waals surface area contributed by atoms with E-state index in [0.29, 0.717) is 16.3 Å². The normalized spacial score (nSPS) is 13.7. The summed E-state index contributed by atoms with van der Waals surface area (Å²) in [4.78, 5) is 29.2. The van der Waals surface area contributed by atoms with Gasteiger partial charge in [-0.25, -0.2) is 4.90 Å². The first-order chi connectivity index (χ1) is 15.0. The molecule has 3 aromatic carbocycles. The van der Waals surface area contributed by atoms with Gasteiger partial charge >= 0.3 is 0 Å². The Morgan fingerprint density at radius 3 is 2.23 bits per heavy atom. The Morgan fingerprint density at radius 2 is 1.58 bits per heavy atom. The van der Waals surface area contributed by atoms with Crippen LogP contribution in [-0.2, 0) is 9.59 Å². The molecule has 0 saturated carbocycles. The second-order valence-electron chi connectivity index (χ2n) is 7.21. The lowest BCUT2D eigenvalue weighted by molar-refractivity contribution is -0.120. The molecule has 0 fully saturated rings. The minimum atomic E-state index is -0.381. The SMILES string of the molecule is COc1ccc(N2C(=O)C(Nc3ccc(C)cc3C)=C(Sc3ccccc3)C2=O)cc1. The fourth-order valence-electron chi connectivity index (χ4n) is 3.38. The number of anilines is 2. The van der Waals surface area contributed by atoms with E-state index >= 15 is 0 Å². The third-order valence-electron chi connectivity index (χ3n) is 4.98. The number of imide groups is 1. The molecule has 0 unspecified atom stereocenters. The predicted octanol–water partition coefficient (Wildman–Crippen LogP) is 5.30. The monoisotopic (exact) mass is 430 g/mol. The molecule has 0 aromatic heterocycles. The average Bonchev–Trinajstić information content (AvgIpc) is 3.00. The standard InChI is InChI=1S/C25H22N2O3S/c1-16-9-14-21(17(2)15-16)26-22-23(31-20-7-5-4-6-8-20)25(29)27(24(22)28)18-10-12-19(30-3)13-11-18/h4-15,26H,1-3H3. The van der Waals surface area contributed by atoms with Crippen LogP contribution in [0.4, 0.5) is 11.4 Å². The van der Waals surface area contributed by atoms with Gasteiger partial charge in [0.05, 0.1) is 12.8 Å². The van der Waals surface area contributed by atoms with Crippen LogP contribution in [-0.4, -0.2) is 18.9 Å². The summed E-state index contributed by atoms with van der Waals surface area (Å²) in [6.45, 7) is 3.99. The topological polar surface area (TPSA) is 58.6 Å². The second-order valence-corrected chi connectivity index (χ2v) is 8.29. The number of amides is 2. The van der Waals surface area contributed by atoms with Gasteiger partial charge in [0.1, 0.15) is 16.4 Å². The van der Waals surface area contributed by atoms with Crippen LogP contribution in [0.15, 0.2) is 88.3 Å². The number of carbonyl (C=O) groups is 2. The van der Waals surface area contributed by atoms with Crippen molar-refractivity contribution in [2.75, 3.05) is 17.3 Å². The molecule has 0 aliphatic carbocycles. The van der Waals surface area contributed by atoms with Crippen molar-refractivity contribution in [1.82, 2.24) is 0 Å². The van der Waals surface area contributed by atoms with Gasteiger partial charge in [-0.15, -0.1) is 0 Å². The van der Waals surface area contributed by atoms with Gasteiger partial charge in [0.25, 0.3) is 11.8 Å². The molecule has 31 heavy (non-hydrogen) atoms.